The van der Waals surface area contributed by atoms with Crippen LogP contribution >= 0.6 is 11.6 Å². The maximum Gasteiger partial charge on any atom is 0.325 e. The second-order valence-electron chi connectivity index (χ2n) is 6.42. The fourth-order valence-electron chi connectivity index (χ4n) is 2.96. The molecule has 3 atom stereocenters. The van der Waals surface area contributed by atoms with E-state index in [1.54, 1.807) is 11.8 Å². The zero-order valence-corrected chi connectivity index (χ0v) is 16.1. The van der Waals surface area contributed by atoms with Crippen molar-refractivity contribution in [2.24, 2.45) is 0 Å². The molecule has 0 aliphatic heterocycles. The lowest BCUT2D eigenvalue weighted by Gasteiger charge is -2.35. The third-order valence-corrected chi connectivity index (χ3v) is 4.50. The Morgan fingerprint density at radius 2 is 1.31 bits per heavy atom. The lowest BCUT2D eigenvalue weighted by atomic mass is 10.0. The number of rotatable bonds is 6. The summed E-state index contributed by atoms with van der Waals surface area (Å²) in [5, 5.41) is 2.15. The number of urea groups is 1. The van der Waals surface area contributed by atoms with Crippen molar-refractivity contribution in [1.29, 1.82) is 0 Å². The molecule has 2 aromatic rings. The summed E-state index contributed by atoms with van der Waals surface area (Å²) in [7, 11) is 0. The lowest BCUT2D eigenvalue weighted by molar-refractivity contribution is -0.120. The second kappa shape index (κ2) is 9.39. The Kier molecular flexibility index (Phi) is 7.22. The highest BCUT2D eigenvalue weighted by Crippen LogP contribution is 2.30. The molecule has 0 saturated carbocycles. The number of hydrogen-bond acceptors (Lipinski definition) is 2. The molecule has 0 fully saturated rings. The van der Waals surface area contributed by atoms with E-state index in [1.165, 1.54) is 0 Å². The van der Waals surface area contributed by atoms with Gasteiger partial charge in [-0.3, -0.25) is 10.1 Å². The van der Waals surface area contributed by atoms with Crippen LogP contribution in [0, 0.1) is 0 Å². The van der Waals surface area contributed by atoms with E-state index in [-0.39, 0.29) is 29.8 Å². The molecule has 0 aliphatic carbocycles. The number of hydrogen-bond donors (Lipinski definition) is 1. The molecular formula is C21H25ClN2O2. The number of alkyl halides is 1. The molecule has 0 aromatic heterocycles. The van der Waals surface area contributed by atoms with Gasteiger partial charge in [-0.1, -0.05) is 60.7 Å². The number of amides is 3. The molecule has 26 heavy (non-hydrogen) atoms. The predicted octanol–water partition coefficient (Wildman–Crippen LogP) is 5.06. The first-order chi connectivity index (χ1) is 12.4. The number of imide groups is 1. The molecule has 0 bridgehead atoms. The van der Waals surface area contributed by atoms with Crippen LogP contribution in [-0.2, 0) is 4.79 Å². The normalized spacial score (nSPS) is 14.2. The average Bonchev–Trinajstić information content (AvgIpc) is 2.62. The number of halogens is 1. The zero-order valence-electron chi connectivity index (χ0n) is 15.4. The van der Waals surface area contributed by atoms with Crippen LogP contribution in [-0.4, -0.2) is 22.2 Å². The molecule has 2 rings (SSSR count). The van der Waals surface area contributed by atoms with E-state index < -0.39 is 6.03 Å². The van der Waals surface area contributed by atoms with Crippen LogP contribution in [0.1, 0.15) is 50.4 Å². The first kappa shape index (κ1) is 20.0. The lowest BCUT2D eigenvalue weighted by Crippen LogP contribution is -2.45. The van der Waals surface area contributed by atoms with Gasteiger partial charge in [-0.15, -0.1) is 11.6 Å². The minimum atomic E-state index is -0.417. The van der Waals surface area contributed by atoms with Crippen molar-refractivity contribution in [1.82, 2.24) is 10.2 Å². The molecule has 5 heteroatoms. The Bertz CT molecular complexity index is 674. The Balaban J connectivity index is 2.29. The quantitative estimate of drug-likeness (QED) is 0.720. The molecule has 2 aromatic carbocycles. The SMILES string of the molecule is CC(Cl)CC(=O)NC(=O)N([C@@H](C)c1ccccc1)[C@@H](C)c1ccccc1. The third-order valence-electron chi connectivity index (χ3n) is 4.35. The van der Waals surface area contributed by atoms with Crippen molar-refractivity contribution in [3.05, 3.63) is 71.8 Å². The summed E-state index contributed by atoms with van der Waals surface area (Å²) >= 11 is 5.87. The van der Waals surface area contributed by atoms with Gasteiger partial charge in [-0.25, -0.2) is 4.79 Å². The molecule has 0 radical (unpaired) electrons. The first-order valence-electron chi connectivity index (χ1n) is 8.76. The predicted molar refractivity (Wildman–Crippen MR) is 105 cm³/mol. The standard InChI is InChI=1S/C21H25ClN2O2/c1-15(22)14-20(25)23-21(26)24(16(2)18-10-6-4-7-11-18)17(3)19-12-8-5-9-13-19/h4-13,15-17H,14H2,1-3H3,(H,23,25,26)/t15?,16-,17-/m0/s1. The van der Waals surface area contributed by atoms with Gasteiger partial charge < -0.3 is 4.90 Å². The number of benzene rings is 2. The maximum absolute atomic E-state index is 12.9. The summed E-state index contributed by atoms with van der Waals surface area (Å²) in [6, 6.07) is 18.7. The topological polar surface area (TPSA) is 49.4 Å². The molecule has 1 N–H and O–H groups in total. The van der Waals surface area contributed by atoms with Crippen molar-refractivity contribution >= 4 is 23.5 Å². The molecule has 0 saturated heterocycles. The van der Waals surface area contributed by atoms with E-state index in [2.05, 4.69) is 5.32 Å². The fraction of sp³-hybridized carbons (Fsp3) is 0.333. The summed E-state index contributed by atoms with van der Waals surface area (Å²) < 4.78 is 0. The minimum absolute atomic E-state index is 0.0978. The van der Waals surface area contributed by atoms with Crippen LogP contribution in [0.25, 0.3) is 0 Å². The highest BCUT2D eigenvalue weighted by Gasteiger charge is 2.28. The highest BCUT2D eigenvalue weighted by molar-refractivity contribution is 6.21. The van der Waals surface area contributed by atoms with Crippen LogP contribution in [0.3, 0.4) is 0 Å². The van der Waals surface area contributed by atoms with Crippen LogP contribution < -0.4 is 5.32 Å². The van der Waals surface area contributed by atoms with E-state index in [0.717, 1.165) is 11.1 Å². The summed E-state index contributed by atoms with van der Waals surface area (Å²) in [4.78, 5) is 26.7. The van der Waals surface area contributed by atoms with Gasteiger partial charge in [0, 0.05) is 11.8 Å². The molecule has 1 unspecified atom stereocenters. The van der Waals surface area contributed by atoms with E-state index in [9.17, 15) is 9.59 Å². The molecule has 4 nitrogen and oxygen atoms in total. The Labute approximate surface area is 160 Å². The van der Waals surface area contributed by atoms with E-state index in [1.807, 2.05) is 74.5 Å². The van der Waals surface area contributed by atoms with Gasteiger partial charge in [0.15, 0.2) is 0 Å². The Hall–Kier alpha value is -2.33. The van der Waals surface area contributed by atoms with E-state index >= 15 is 0 Å². The van der Waals surface area contributed by atoms with Crippen LogP contribution in [0.15, 0.2) is 60.7 Å². The Morgan fingerprint density at radius 3 is 1.69 bits per heavy atom. The number of carbonyl (C=O) groups is 2. The first-order valence-corrected chi connectivity index (χ1v) is 9.20. The summed E-state index contributed by atoms with van der Waals surface area (Å²) in [6.45, 7) is 5.65. The van der Waals surface area contributed by atoms with Crippen molar-refractivity contribution < 1.29 is 9.59 Å². The summed E-state index contributed by atoms with van der Waals surface area (Å²) in [6.07, 6.45) is 0.0978. The second-order valence-corrected chi connectivity index (χ2v) is 7.16. The molecule has 3 amide bonds. The fourth-order valence-corrected chi connectivity index (χ4v) is 3.10. The van der Waals surface area contributed by atoms with Crippen molar-refractivity contribution in [3.63, 3.8) is 0 Å². The zero-order chi connectivity index (χ0) is 19.1. The minimum Gasteiger partial charge on any atom is -0.311 e. The number of nitrogens with one attached hydrogen (secondary N) is 1. The van der Waals surface area contributed by atoms with Gasteiger partial charge in [-0.05, 0) is 31.9 Å². The molecular weight excluding hydrogens is 348 g/mol. The van der Waals surface area contributed by atoms with Crippen molar-refractivity contribution in [3.8, 4) is 0 Å². The third kappa shape index (κ3) is 5.33. The average molecular weight is 373 g/mol. The van der Waals surface area contributed by atoms with Gasteiger partial charge >= 0.3 is 6.03 Å². The maximum atomic E-state index is 12.9. The van der Waals surface area contributed by atoms with Crippen LogP contribution in [0.4, 0.5) is 4.79 Å². The molecule has 0 heterocycles. The summed E-state index contributed by atoms with van der Waals surface area (Å²) in [5.41, 5.74) is 2.01. The van der Waals surface area contributed by atoms with Gasteiger partial charge in [-0.2, -0.15) is 0 Å². The largest absolute Gasteiger partial charge is 0.325 e. The van der Waals surface area contributed by atoms with E-state index in [0.29, 0.717) is 0 Å². The van der Waals surface area contributed by atoms with Crippen molar-refractivity contribution in [2.75, 3.05) is 0 Å². The smallest absolute Gasteiger partial charge is 0.311 e. The summed E-state index contributed by atoms with van der Waals surface area (Å²) in [5.74, 6) is -0.372. The monoisotopic (exact) mass is 372 g/mol. The highest BCUT2D eigenvalue weighted by atomic mass is 35.5. The molecule has 0 spiro atoms. The van der Waals surface area contributed by atoms with Crippen molar-refractivity contribution in [2.45, 2.75) is 44.7 Å². The van der Waals surface area contributed by atoms with Crippen LogP contribution in [0.2, 0.25) is 0 Å². The molecule has 138 valence electrons. The van der Waals surface area contributed by atoms with Gasteiger partial charge in [0.1, 0.15) is 0 Å². The van der Waals surface area contributed by atoms with Gasteiger partial charge in [0.05, 0.1) is 12.1 Å². The van der Waals surface area contributed by atoms with Gasteiger partial charge in [0.25, 0.3) is 0 Å². The number of carbonyl (C=O) groups excluding carboxylic acids is 2. The molecule has 0 aliphatic rings. The number of nitrogens with zero attached hydrogens (tertiary/aromatic N) is 1. The van der Waals surface area contributed by atoms with Crippen LogP contribution in [0.5, 0.6) is 0 Å². The van der Waals surface area contributed by atoms with Gasteiger partial charge in [0.2, 0.25) is 5.91 Å². The van der Waals surface area contributed by atoms with E-state index in [4.69, 9.17) is 11.6 Å². The Morgan fingerprint density at radius 1 is 0.885 bits per heavy atom.